The third kappa shape index (κ3) is 2.24. The molecule has 1 aliphatic heterocycles. The minimum atomic E-state index is -4.70. The highest BCUT2D eigenvalue weighted by Gasteiger charge is 2.33. The Morgan fingerprint density at radius 2 is 2.13 bits per heavy atom. The zero-order valence-electron chi connectivity index (χ0n) is 7.41. The second kappa shape index (κ2) is 3.43. The van der Waals surface area contributed by atoms with Crippen molar-refractivity contribution in [2.75, 3.05) is 0 Å². The lowest BCUT2D eigenvalue weighted by Gasteiger charge is -2.09. The second-order valence-corrected chi connectivity index (χ2v) is 3.07. The summed E-state index contributed by atoms with van der Waals surface area (Å²) in [7, 11) is -1.06. The van der Waals surface area contributed by atoms with Gasteiger partial charge in [-0.25, -0.2) is 0 Å². The van der Waals surface area contributed by atoms with Crippen molar-refractivity contribution in [3.63, 3.8) is 0 Å². The molecular formula is C8H6BF3O3. The molecule has 3 nitrogen and oxygen atoms in total. The van der Waals surface area contributed by atoms with Crippen LogP contribution in [0.1, 0.15) is 5.56 Å². The van der Waals surface area contributed by atoms with Crippen molar-refractivity contribution in [3.05, 3.63) is 23.8 Å². The molecule has 0 amide bonds. The van der Waals surface area contributed by atoms with E-state index in [1.54, 1.807) is 0 Å². The van der Waals surface area contributed by atoms with E-state index in [4.69, 9.17) is 4.65 Å². The number of benzene rings is 1. The van der Waals surface area contributed by atoms with Crippen molar-refractivity contribution in [2.24, 2.45) is 0 Å². The average molecular weight is 218 g/mol. The largest absolute Gasteiger partial charge is 0.573 e. The van der Waals surface area contributed by atoms with Gasteiger partial charge in [-0.2, -0.15) is 0 Å². The first-order valence-electron chi connectivity index (χ1n) is 4.14. The summed E-state index contributed by atoms with van der Waals surface area (Å²) >= 11 is 0. The van der Waals surface area contributed by atoms with Gasteiger partial charge in [0.05, 0.1) is 6.61 Å². The van der Waals surface area contributed by atoms with Crippen LogP contribution < -0.4 is 10.2 Å². The Balaban J connectivity index is 2.24. The summed E-state index contributed by atoms with van der Waals surface area (Å²) < 4.78 is 44.2. The molecule has 1 heterocycles. The summed E-state index contributed by atoms with van der Waals surface area (Å²) in [6.07, 6.45) is -4.70. The van der Waals surface area contributed by atoms with Gasteiger partial charge in [0, 0.05) is 0 Å². The minimum Gasteiger partial charge on any atom is -0.423 e. The molecular weight excluding hydrogens is 212 g/mol. The molecule has 0 fully saturated rings. The van der Waals surface area contributed by atoms with E-state index in [0.29, 0.717) is 11.0 Å². The number of fused-ring (bicyclic) bond motifs is 1. The third-order valence-electron chi connectivity index (χ3n) is 2.01. The zero-order chi connectivity index (χ0) is 11.1. The van der Waals surface area contributed by atoms with Crippen LogP contribution in [-0.2, 0) is 11.3 Å². The quantitative estimate of drug-likeness (QED) is 0.708. The average Bonchev–Trinajstić information content (AvgIpc) is 2.45. The Kier molecular flexibility index (Phi) is 2.36. The first kappa shape index (κ1) is 10.3. The number of hydrogen-bond acceptors (Lipinski definition) is 3. The molecule has 15 heavy (non-hydrogen) atoms. The highest BCUT2D eigenvalue weighted by Crippen LogP contribution is 2.24. The van der Waals surface area contributed by atoms with Crippen molar-refractivity contribution >= 4 is 12.6 Å². The van der Waals surface area contributed by atoms with E-state index in [1.165, 1.54) is 12.1 Å². The lowest BCUT2D eigenvalue weighted by atomic mass is 9.80. The van der Waals surface area contributed by atoms with Crippen molar-refractivity contribution in [3.8, 4) is 5.75 Å². The lowest BCUT2D eigenvalue weighted by Crippen LogP contribution is -2.28. The number of ether oxygens (including phenoxy) is 1. The van der Waals surface area contributed by atoms with Gasteiger partial charge in [-0.1, -0.05) is 6.07 Å². The van der Waals surface area contributed by atoms with Gasteiger partial charge in [0.25, 0.3) is 0 Å². The Hall–Kier alpha value is -1.21. The molecule has 0 saturated carbocycles. The van der Waals surface area contributed by atoms with E-state index in [2.05, 4.69) is 4.74 Å². The van der Waals surface area contributed by atoms with Crippen LogP contribution in [0.15, 0.2) is 18.2 Å². The van der Waals surface area contributed by atoms with Crippen molar-refractivity contribution in [2.45, 2.75) is 13.0 Å². The molecule has 1 N–H and O–H groups in total. The van der Waals surface area contributed by atoms with Gasteiger partial charge >= 0.3 is 13.5 Å². The SMILES string of the molecule is OB1OCc2cc(OC(F)(F)F)ccc21. The Bertz CT molecular complexity index is 380. The Morgan fingerprint density at radius 3 is 2.80 bits per heavy atom. The lowest BCUT2D eigenvalue weighted by molar-refractivity contribution is -0.274. The van der Waals surface area contributed by atoms with E-state index in [9.17, 15) is 18.2 Å². The van der Waals surface area contributed by atoms with Crippen LogP contribution in [0.2, 0.25) is 0 Å². The molecule has 0 radical (unpaired) electrons. The van der Waals surface area contributed by atoms with Crippen LogP contribution in [0.25, 0.3) is 0 Å². The van der Waals surface area contributed by atoms with Gasteiger partial charge in [-0.05, 0) is 23.2 Å². The van der Waals surface area contributed by atoms with Crippen molar-refractivity contribution in [1.29, 1.82) is 0 Å². The molecule has 0 atom stereocenters. The van der Waals surface area contributed by atoms with Crippen LogP contribution >= 0.6 is 0 Å². The fourth-order valence-corrected chi connectivity index (χ4v) is 1.40. The predicted octanol–water partition coefficient (Wildman–Crippen LogP) is 0.803. The van der Waals surface area contributed by atoms with E-state index < -0.39 is 13.5 Å². The molecule has 2 rings (SSSR count). The maximum atomic E-state index is 11.9. The van der Waals surface area contributed by atoms with E-state index >= 15 is 0 Å². The summed E-state index contributed by atoms with van der Waals surface area (Å²) in [5, 5.41) is 9.22. The number of halogens is 3. The molecule has 1 aliphatic rings. The van der Waals surface area contributed by atoms with E-state index in [-0.39, 0.29) is 12.4 Å². The molecule has 0 aromatic heterocycles. The molecule has 0 bridgehead atoms. The van der Waals surface area contributed by atoms with Gasteiger partial charge in [0.2, 0.25) is 0 Å². The Labute approximate surface area is 83.6 Å². The fraction of sp³-hybridized carbons (Fsp3) is 0.250. The molecule has 80 valence electrons. The number of alkyl halides is 3. The van der Waals surface area contributed by atoms with E-state index in [1.807, 2.05) is 0 Å². The first-order valence-corrected chi connectivity index (χ1v) is 4.14. The maximum absolute atomic E-state index is 11.9. The second-order valence-electron chi connectivity index (χ2n) is 3.07. The highest BCUT2D eigenvalue weighted by molar-refractivity contribution is 6.61. The van der Waals surface area contributed by atoms with Crippen molar-refractivity contribution in [1.82, 2.24) is 0 Å². The van der Waals surface area contributed by atoms with Gasteiger partial charge in [0.15, 0.2) is 0 Å². The molecule has 1 aromatic rings. The number of hydrogen-bond donors (Lipinski definition) is 1. The summed E-state index contributed by atoms with van der Waals surface area (Å²) in [4.78, 5) is 0. The summed E-state index contributed by atoms with van der Waals surface area (Å²) in [6, 6.07) is 3.71. The molecule has 0 saturated heterocycles. The van der Waals surface area contributed by atoms with Crippen LogP contribution in [0.3, 0.4) is 0 Å². The van der Waals surface area contributed by atoms with Crippen LogP contribution in [0.4, 0.5) is 13.2 Å². The topological polar surface area (TPSA) is 38.7 Å². The van der Waals surface area contributed by atoms with Crippen LogP contribution in [0.5, 0.6) is 5.75 Å². The van der Waals surface area contributed by atoms with Gasteiger partial charge in [-0.15, -0.1) is 13.2 Å². The molecule has 0 aliphatic carbocycles. The molecule has 0 unspecified atom stereocenters. The normalized spacial score (nSPS) is 15.3. The highest BCUT2D eigenvalue weighted by atomic mass is 19.4. The zero-order valence-corrected chi connectivity index (χ0v) is 7.41. The van der Waals surface area contributed by atoms with E-state index in [0.717, 1.165) is 6.07 Å². The van der Waals surface area contributed by atoms with Crippen molar-refractivity contribution < 1.29 is 27.6 Å². The summed E-state index contributed by atoms with van der Waals surface area (Å²) in [5.41, 5.74) is 0.980. The smallest absolute Gasteiger partial charge is 0.423 e. The van der Waals surface area contributed by atoms with Gasteiger partial charge in [-0.3, -0.25) is 0 Å². The first-order chi connectivity index (χ1) is 6.96. The maximum Gasteiger partial charge on any atom is 0.573 e. The van der Waals surface area contributed by atoms with Crippen LogP contribution in [-0.4, -0.2) is 18.5 Å². The molecule has 1 aromatic carbocycles. The number of rotatable bonds is 1. The van der Waals surface area contributed by atoms with Gasteiger partial charge < -0.3 is 14.4 Å². The monoisotopic (exact) mass is 218 g/mol. The third-order valence-corrected chi connectivity index (χ3v) is 2.01. The fourth-order valence-electron chi connectivity index (χ4n) is 1.40. The summed E-state index contributed by atoms with van der Waals surface area (Å²) in [5.74, 6) is -0.307. The molecule has 0 spiro atoms. The standard InChI is InChI=1S/C8H6BF3O3/c10-8(11,12)15-6-1-2-7-5(3-6)4-14-9(7)13/h1-3,13H,4H2. The minimum absolute atomic E-state index is 0.0888. The van der Waals surface area contributed by atoms with Gasteiger partial charge in [0.1, 0.15) is 5.75 Å². The molecule has 7 heteroatoms. The van der Waals surface area contributed by atoms with Crippen LogP contribution in [0, 0.1) is 0 Å². The predicted molar refractivity (Wildman–Crippen MR) is 45.5 cm³/mol. The Morgan fingerprint density at radius 1 is 1.40 bits per heavy atom. The summed E-state index contributed by atoms with van der Waals surface area (Å²) in [6.45, 7) is 0.0888.